The van der Waals surface area contributed by atoms with Gasteiger partial charge in [0.2, 0.25) is 5.91 Å². The molecule has 2 aliphatic heterocycles. The van der Waals surface area contributed by atoms with Crippen LogP contribution >= 0.6 is 0 Å². The van der Waals surface area contributed by atoms with E-state index in [1.165, 1.54) is 0 Å². The van der Waals surface area contributed by atoms with Crippen LogP contribution in [0.25, 0.3) is 0 Å². The normalized spacial score (nSPS) is 24.1. The van der Waals surface area contributed by atoms with Crippen LogP contribution in [0.1, 0.15) is 31.4 Å². The number of pyridine rings is 1. The van der Waals surface area contributed by atoms with Crippen molar-refractivity contribution in [2.45, 2.75) is 43.7 Å². The molecule has 23 heavy (non-hydrogen) atoms. The molecule has 1 amide bonds. The lowest BCUT2D eigenvalue weighted by Crippen LogP contribution is -2.53. The van der Waals surface area contributed by atoms with Gasteiger partial charge in [0, 0.05) is 37.6 Å². The molecule has 1 aromatic rings. The van der Waals surface area contributed by atoms with E-state index in [4.69, 9.17) is 4.74 Å². The van der Waals surface area contributed by atoms with Crippen molar-refractivity contribution in [3.05, 3.63) is 30.1 Å². The van der Waals surface area contributed by atoms with Crippen LogP contribution in [0.4, 0.5) is 0 Å². The Bertz CT molecular complexity index is 524. The lowest BCUT2D eigenvalue weighted by atomic mass is 9.82. The Morgan fingerprint density at radius 3 is 2.83 bits per heavy atom. The van der Waals surface area contributed by atoms with Gasteiger partial charge in [-0.2, -0.15) is 0 Å². The third-order valence-corrected chi connectivity index (χ3v) is 5.28. The van der Waals surface area contributed by atoms with E-state index in [0.717, 1.165) is 51.1 Å². The van der Waals surface area contributed by atoms with Crippen molar-refractivity contribution in [2.75, 3.05) is 33.8 Å². The minimum absolute atomic E-state index is 0.0189. The number of carbonyl (C=O) groups is 1. The van der Waals surface area contributed by atoms with E-state index in [1.54, 1.807) is 6.20 Å². The van der Waals surface area contributed by atoms with Crippen LogP contribution in [0.5, 0.6) is 0 Å². The summed E-state index contributed by atoms with van der Waals surface area (Å²) in [7, 11) is 4.30. The molecule has 3 heterocycles. The van der Waals surface area contributed by atoms with E-state index in [1.807, 2.05) is 23.1 Å². The molecule has 1 aromatic heterocycles. The molecule has 0 N–H and O–H groups in total. The first kappa shape index (κ1) is 16.4. The second-order valence-electron chi connectivity index (χ2n) is 7.02. The number of aromatic nitrogens is 1. The van der Waals surface area contributed by atoms with E-state index in [0.29, 0.717) is 12.5 Å². The number of hydrogen-bond donors (Lipinski definition) is 0. The molecule has 2 aliphatic rings. The van der Waals surface area contributed by atoms with Crippen molar-refractivity contribution in [2.24, 2.45) is 0 Å². The van der Waals surface area contributed by atoms with Crippen molar-refractivity contribution < 1.29 is 9.53 Å². The number of carbonyl (C=O) groups excluding carboxylic acids is 1. The number of ether oxygens (including phenoxy) is 1. The minimum atomic E-state index is -0.0189. The first-order valence-electron chi connectivity index (χ1n) is 8.56. The quantitative estimate of drug-likeness (QED) is 0.852. The van der Waals surface area contributed by atoms with Gasteiger partial charge in [-0.25, -0.2) is 0 Å². The molecule has 0 saturated carbocycles. The highest BCUT2D eigenvalue weighted by Crippen LogP contribution is 2.36. The molecule has 0 bridgehead atoms. The Balaban J connectivity index is 1.54. The molecule has 1 spiro atoms. The van der Waals surface area contributed by atoms with E-state index >= 15 is 0 Å². The minimum Gasteiger partial charge on any atom is -0.375 e. The smallest absolute Gasteiger partial charge is 0.228 e. The zero-order chi connectivity index (χ0) is 16.3. The SMILES string of the molecule is CN(C)[C@@H]1CCOC2(CCN(C(=O)Cc3ccccn3)CC2)C1. The molecule has 0 aliphatic carbocycles. The summed E-state index contributed by atoms with van der Waals surface area (Å²) in [6.07, 6.45) is 6.23. The monoisotopic (exact) mass is 317 g/mol. The van der Waals surface area contributed by atoms with Gasteiger partial charge in [0.15, 0.2) is 0 Å². The molecule has 126 valence electrons. The fourth-order valence-corrected chi connectivity index (χ4v) is 3.72. The Kier molecular flexibility index (Phi) is 4.97. The highest BCUT2D eigenvalue weighted by atomic mass is 16.5. The fraction of sp³-hybridized carbons (Fsp3) is 0.667. The molecular weight excluding hydrogens is 290 g/mol. The third-order valence-electron chi connectivity index (χ3n) is 5.28. The summed E-state index contributed by atoms with van der Waals surface area (Å²) in [5, 5.41) is 0. The maximum atomic E-state index is 12.4. The Morgan fingerprint density at radius 1 is 1.39 bits per heavy atom. The standard InChI is InChI=1S/C18H27N3O2/c1-20(2)16-6-12-23-18(14-16)7-10-21(11-8-18)17(22)13-15-5-3-4-9-19-15/h3-5,9,16H,6-8,10-14H2,1-2H3/t16-/m1/s1. The van der Waals surface area contributed by atoms with Crippen molar-refractivity contribution in [3.8, 4) is 0 Å². The Morgan fingerprint density at radius 2 is 2.17 bits per heavy atom. The zero-order valence-corrected chi connectivity index (χ0v) is 14.2. The molecule has 0 radical (unpaired) electrons. The summed E-state index contributed by atoms with van der Waals surface area (Å²) >= 11 is 0. The summed E-state index contributed by atoms with van der Waals surface area (Å²) in [4.78, 5) is 21.0. The van der Waals surface area contributed by atoms with Crippen molar-refractivity contribution in [1.29, 1.82) is 0 Å². The van der Waals surface area contributed by atoms with Crippen LogP contribution in [0.15, 0.2) is 24.4 Å². The summed E-state index contributed by atoms with van der Waals surface area (Å²) in [5.74, 6) is 0.179. The molecule has 0 aromatic carbocycles. The molecule has 0 unspecified atom stereocenters. The number of likely N-dealkylation sites (tertiary alicyclic amines) is 1. The van der Waals surface area contributed by atoms with Gasteiger partial charge < -0.3 is 14.5 Å². The molecular formula is C18H27N3O2. The van der Waals surface area contributed by atoms with Gasteiger partial charge in [-0.1, -0.05) is 6.07 Å². The summed E-state index contributed by atoms with van der Waals surface area (Å²) in [6.45, 7) is 2.43. The predicted octanol–water partition coefficient (Wildman–Crippen LogP) is 1.73. The van der Waals surface area contributed by atoms with E-state index in [-0.39, 0.29) is 11.5 Å². The van der Waals surface area contributed by atoms with Crippen LogP contribution < -0.4 is 0 Å². The number of nitrogens with zero attached hydrogens (tertiary/aromatic N) is 3. The van der Waals surface area contributed by atoms with Crippen LogP contribution in [-0.4, -0.2) is 66.1 Å². The maximum absolute atomic E-state index is 12.4. The first-order valence-corrected chi connectivity index (χ1v) is 8.56. The maximum Gasteiger partial charge on any atom is 0.228 e. The number of rotatable bonds is 3. The number of hydrogen-bond acceptors (Lipinski definition) is 4. The first-order chi connectivity index (χ1) is 11.1. The fourth-order valence-electron chi connectivity index (χ4n) is 3.72. The van der Waals surface area contributed by atoms with Gasteiger partial charge in [-0.05, 0) is 51.9 Å². The highest BCUT2D eigenvalue weighted by Gasteiger charge is 2.41. The lowest BCUT2D eigenvalue weighted by Gasteiger charge is -2.47. The number of piperidine rings is 1. The summed E-state index contributed by atoms with van der Waals surface area (Å²) in [6, 6.07) is 6.31. The summed E-state index contributed by atoms with van der Waals surface area (Å²) in [5.41, 5.74) is 0.828. The van der Waals surface area contributed by atoms with Crippen LogP contribution in [0, 0.1) is 0 Å². The van der Waals surface area contributed by atoms with Crippen LogP contribution in [0.3, 0.4) is 0 Å². The molecule has 3 rings (SSSR count). The number of amides is 1. The molecule has 5 nitrogen and oxygen atoms in total. The lowest BCUT2D eigenvalue weighted by molar-refractivity contribution is -0.147. The van der Waals surface area contributed by atoms with Gasteiger partial charge in [0.25, 0.3) is 0 Å². The van der Waals surface area contributed by atoms with Gasteiger partial charge in [0.1, 0.15) is 0 Å². The molecule has 2 fully saturated rings. The largest absolute Gasteiger partial charge is 0.375 e. The third kappa shape index (κ3) is 3.90. The van der Waals surface area contributed by atoms with E-state index in [9.17, 15) is 4.79 Å². The zero-order valence-electron chi connectivity index (χ0n) is 14.2. The van der Waals surface area contributed by atoms with Gasteiger partial charge in [0.05, 0.1) is 12.0 Å². The topological polar surface area (TPSA) is 45.7 Å². The molecule has 1 atom stereocenters. The van der Waals surface area contributed by atoms with Gasteiger partial charge in [-0.3, -0.25) is 9.78 Å². The van der Waals surface area contributed by atoms with Crippen molar-refractivity contribution >= 4 is 5.91 Å². The molecule has 5 heteroatoms. The Labute approximate surface area is 138 Å². The van der Waals surface area contributed by atoms with Gasteiger partial charge in [-0.15, -0.1) is 0 Å². The summed E-state index contributed by atoms with van der Waals surface area (Å²) < 4.78 is 6.16. The van der Waals surface area contributed by atoms with Gasteiger partial charge >= 0.3 is 0 Å². The Hall–Kier alpha value is -1.46. The second kappa shape index (κ2) is 6.97. The van der Waals surface area contributed by atoms with E-state index in [2.05, 4.69) is 24.0 Å². The average Bonchev–Trinajstić information content (AvgIpc) is 2.56. The highest BCUT2D eigenvalue weighted by molar-refractivity contribution is 5.78. The van der Waals surface area contributed by atoms with Crippen LogP contribution in [0.2, 0.25) is 0 Å². The van der Waals surface area contributed by atoms with E-state index < -0.39 is 0 Å². The average molecular weight is 317 g/mol. The van der Waals surface area contributed by atoms with Crippen molar-refractivity contribution in [3.63, 3.8) is 0 Å². The molecule has 2 saturated heterocycles. The van der Waals surface area contributed by atoms with Crippen molar-refractivity contribution in [1.82, 2.24) is 14.8 Å². The predicted molar refractivity (Wildman–Crippen MR) is 89.1 cm³/mol. The second-order valence-corrected chi connectivity index (χ2v) is 7.02. The van der Waals surface area contributed by atoms with Crippen LogP contribution in [-0.2, 0) is 16.0 Å².